The minimum absolute atomic E-state index is 0.0312. The molecule has 4 nitrogen and oxygen atoms in total. The lowest BCUT2D eigenvalue weighted by molar-refractivity contribution is -0.136. The van der Waals surface area contributed by atoms with Crippen LogP contribution in [0.25, 0.3) is 0 Å². The molecule has 0 spiro atoms. The van der Waals surface area contributed by atoms with Crippen molar-refractivity contribution < 1.29 is 14.6 Å². The number of hydrogen-bond acceptors (Lipinski definition) is 3. The first-order valence-corrected chi connectivity index (χ1v) is 6.36. The number of carboxylic acid groups (broad SMARTS) is 1. The van der Waals surface area contributed by atoms with E-state index in [1.807, 2.05) is 6.07 Å². The van der Waals surface area contributed by atoms with E-state index in [1.165, 1.54) is 11.1 Å². The number of nitrogens with one attached hydrogen (secondary N) is 1. The minimum Gasteiger partial charge on any atom is -0.496 e. The molecule has 0 atom stereocenters. The van der Waals surface area contributed by atoms with Gasteiger partial charge in [0, 0.05) is 17.5 Å². The van der Waals surface area contributed by atoms with Crippen LogP contribution in [0.5, 0.6) is 5.75 Å². The van der Waals surface area contributed by atoms with Gasteiger partial charge >= 0.3 is 5.97 Å². The summed E-state index contributed by atoms with van der Waals surface area (Å²) in [6, 6.07) is 4.15. The Hall–Kier alpha value is -1.55. The van der Waals surface area contributed by atoms with E-state index in [0.717, 1.165) is 11.3 Å². The Morgan fingerprint density at radius 3 is 2.42 bits per heavy atom. The van der Waals surface area contributed by atoms with Crippen LogP contribution in [0.4, 0.5) is 0 Å². The van der Waals surface area contributed by atoms with Crippen molar-refractivity contribution in [2.24, 2.45) is 0 Å². The van der Waals surface area contributed by atoms with E-state index in [1.54, 1.807) is 7.11 Å². The van der Waals surface area contributed by atoms with Crippen LogP contribution in [-0.4, -0.2) is 31.3 Å². The van der Waals surface area contributed by atoms with Crippen molar-refractivity contribution in [1.29, 1.82) is 0 Å². The molecular formula is C15H23NO3. The van der Waals surface area contributed by atoms with Crippen molar-refractivity contribution in [3.8, 4) is 5.75 Å². The molecule has 0 fully saturated rings. The minimum atomic E-state index is -0.845. The maximum atomic E-state index is 10.6. The molecule has 0 saturated heterocycles. The van der Waals surface area contributed by atoms with Crippen molar-refractivity contribution >= 4 is 5.97 Å². The van der Waals surface area contributed by atoms with Gasteiger partial charge in [0.1, 0.15) is 5.75 Å². The number of ether oxygens (including phenoxy) is 1. The Morgan fingerprint density at radius 1 is 1.32 bits per heavy atom. The van der Waals surface area contributed by atoms with Gasteiger partial charge in [0.25, 0.3) is 0 Å². The second-order valence-electron chi connectivity index (χ2n) is 5.52. The van der Waals surface area contributed by atoms with E-state index in [-0.39, 0.29) is 12.0 Å². The fraction of sp³-hybridized carbons (Fsp3) is 0.533. The lowest BCUT2D eigenvalue weighted by Gasteiger charge is -2.28. The Bertz CT molecular complexity index is 467. The van der Waals surface area contributed by atoms with Crippen molar-refractivity contribution in [1.82, 2.24) is 5.32 Å². The van der Waals surface area contributed by atoms with Gasteiger partial charge in [0.05, 0.1) is 13.7 Å². The predicted octanol–water partition coefficient (Wildman–Crippen LogP) is 2.26. The van der Waals surface area contributed by atoms with Gasteiger partial charge < -0.3 is 15.2 Å². The first-order chi connectivity index (χ1) is 8.77. The fourth-order valence-corrected chi connectivity index (χ4v) is 2.06. The first kappa shape index (κ1) is 15.5. The summed E-state index contributed by atoms with van der Waals surface area (Å²) < 4.78 is 5.45. The smallest absolute Gasteiger partial charge is 0.317 e. The molecular weight excluding hydrogens is 242 g/mol. The molecule has 0 radical (unpaired) electrons. The van der Waals surface area contributed by atoms with Gasteiger partial charge in [-0.1, -0.05) is 19.9 Å². The van der Waals surface area contributed by atoms with Crippen LogP contribution in [-0.2, 0) is 10.2 Å². The van der Waals surface area contributed by atoms with Crippen LogP contribution in [0.3, 0.4) is 0 Å². The molecule has 1 aromatic carbocycles. The molecule has 0 aliphatic heterocycles. The normalized spacial score (nSPS) is 11.4. The van der Waals surface area contributed by atoms with E-state index < -0.39 is 5.97 Å². The topological polar surface area (TPSA) is 58.6 Å². The third-order valence-electron chi connectivity index (χ3n) is 3.39. The Morgan fingerprint density at radius 2 is 1.89 bits per heavy atom. The van der Waals surface area contributed by atoms with Crippen LogP contribution in [0.15, 0.2) is 12.1 Å². The summed E-state index contributed by atoms with van der Waals surface area (Å²) in [5, 5.41) is 11.6. The zero-order valence-corrected chi connectivity index (χ0v) is 12.3. The number of aryl methyl sites for hydroxylation is 2. The average Bonchev–Trinajstić information content (AvgIpc) is 2.31. The number of methoxy groups -OCH3 is 1. The second-order valence-corrected chi connectivity index (χ2v) is 5.52. The number of benzene rings is 1. The third-order valence-corrected chi connectivity index (χ3v) is 3.39. The van der Waals surface area contributed by atoms with Crippen molar-refractivity contribution in [2.45, 2.75) is 33.1 Å². The van der Waals surface area contributed by atoms with Gasteiger partial charge in [-0.2, -0.15) is 0 Å². The molecule has 0 amide bonds. The van der Waals surface area contributed by atoms with E-state index in [9.17, 15) is 4.79 Å². The summed E-state index contributed by atoms with van der Waals surface area (Å²) in [4.78, 5) is 10.6. The summed E-state index contributed by atoms with van der Waals surface area (Å²) in [6.07, 6.45) is 0. The molecule has 1 aromatic rings. The lowest BCUT2D eigenvalue weighted by atomic mass is 9.82. The maximum absolute atomic E-state index is 10.6. The molecule has 0 heterocycles. The molecule has 4 heteroatoms. The summed E-state index contributed by atoms with van der Waals surface area (Å²) in [7, 11) is 1.66. The molecule has 2 N–H and O–H groups in total. The molecule has 0 bridgehead atoms. The largest absolute Gasteiger partial charge is 0.496 e. The van der Waals surface area contributed by atoms with E-state index in [4.69, 9.17) is 9.84 Å². The first-order valence-electron chi connectivity index (χ1n) is 6.36. The van der Waals surface area contributed by atoms with Crippen LogP contribution in [0, 0.1) is 13.8 Å². The van der Waals surface area contributed by atoms with Gasteiger partial charge in [-0.25, -0.2) is 0 Å². The highest BCUT2D eigenvalue weighted by Crippen LogP contribution is 2.33. The molecule has 0 unspecified atom stereocenters. The molecule has 19 heavy (non-hydrogen) atoms. The zero-order chi connectivity index (χ0) is 14.6. The predicted molar refractivity (Wildman–Crippen MR) is 76.0 cm³/mol. The Labute approximate surface area is 114 Å². The van der Waals surface area contributed by atoms with Gasteiger partial charge in [0.2, 0.25) is 0 Å². The third kappa shape index (κ3) is 3.96. The number of carboxylic acids is 1. The van der Waals surface area contributed by atoms with Crippen molar-refractivity contribution in [2.75, 3.05) is 20.2 Å². The Balaban J connectivity index is 2.99. The second kappa shape index (κ2) is 6.06. The van der Waals surface area contributed by atoms with Gasteiger partial charge in [-0.05, 0) is 31.0 Å². The number of carbonyl (C=O) groups is 1. The summed E-state index contributed by atoms with van der Waals surface area (Å²) >= 11 is 0. The van der Waals surface area contributed by atoms with Crippen molar-refractivity contribution in [3.05, 3.63) is 28.8 Å². The SMILES string of the molecule is COc1cc(C)c(C)cc1C(C)(C)CNCC(=O)O. The van der Waals surface area contributed by atoms with Gasteiger partial charge in [-0.15, -0.1) is 0 Å². The quantitative estimate of drug-likeness (QED) is 0.828. The van der Waals surface area contributed by atoms with Gasteiger partial charge in [0.15, 0.2) is 0 Å². The molecule has 106 valence electrons. The average molecular weight is 265 g/mol. The Kier molecular flexibility index (Phi) is 4.95. The van der Waals surface area contributed by atoms with Gasteiger partial charge in [-0.3, -0.25) is 4.79 Å². The number of rotatable bonds is 6. The van der Waals surface area contributed by atoms with E-state index in [2.05, 4.69) is 39.1 Å². The molecule has 1 rings (SSSR count). The van der Waals surface area contributed by atoms with E-state index >= 15 is 0 Å². The van der Waals surface area contributed by atoms with Crippen LogP contribution >= 0.6 is 0 Å². The summed E-state index contributed by atoms with van der Waals surface area (Å²) in [6.45, 7) is 8.83. The lowest BCUT2D eigenvalue weighted by Crippen LogP contribution is -2.36. The van der Waals surface area contributed by atoms with E-state index in [0.29, 0.717) is 6.54 Å². The van der Waals surface area contributed by atoms with Crippen molar-refractivity contribution in [3.63, 3.8) is 0 Å². The highest BCUT2D eigenvalue weighted by atomic mass is 16.5. The molecule has 0 aliphatic rings. The highest BCUT2D eigenvalue weighted by molar-refractivity contribution is 5.69. The maximum Gasteiger partial charge on any atom is 0.317 e. The number of hydrogen-bond donors (Lipinski definition) is 2. The fourth-order valence-electron chi connectivity index (χ4n) is 2.06. The number of aliphatic carboxylic acids is 1. The standard InChI is InChI=1S/C15H23NO3/c1-10-6-12(13(19-5)7-11(10)2)15(3,4)9-16-8-14(17)18/h6-7,16H,8-9H2,1-5H3,(H,17,18). The zero-order valence-electron chi connectivity index (χ0n) is 12.3. The molecule has 0 aliphatic carbocycles. The van der Waals surface area contributed by atoms with Crippen LogP contribution < -0.4 is 10.1 Å². The molecule has 0 saturated carbocycles. The van der Waals surface area contributed by atoms with Crippen LogP contribution in [0.2, 0.25) is 0 Å². The monoisotopic (exact) mass is 265 g/mol. The summed E-state index contributed by atoms with van der Waals surface area (Å²) in [5.74, 6) is 0.00748. The molecule has 0 aromatic heterocycles. The van der Waals surface area contributed by atoms with Crippen LogP contribution in [0.1, 0.15) is 30.5 Å². The highest BCUT2D eigenvalue weighted by Gasteiger charge is 2.25. The summed E-state index contributed by atoms with van der Waals surface area (Å²) in [5.41, 5.74) is 3.30.